The zero-order valence-corrected chi connectivity index (χ0v) is 19.9. The van der Waals surface area contributed by atoms with Gasteiger partial charge in [0, 0.05) is 24.8 Å². The minimum Gasteiger partial charge on any atom is -0.410 e. The Kier molecular flexibility index (Phi) is 6.40. The fraction of sp³-hybridized carbons (Fsp3) is 0.435. The first-order chi connectivity index (χ1) is 15.6. The molecule has 0 saturated carbocycles. The first-order valence-corrected chi connectivity index (χ1v) is 11.3. The standard InChI is InChI=1S/C23H27BClN3O5/c1-22(2)23(3,4)33-24(32-22)17-10-9-15(31-21(30)28-12-5-6-13-28)14-16(17)20(29)27-19-18(25)8-7-11-26-19/h7-11,14H,5-6,12-13H2,1-4H3,(H,26,27,29). The molecule has 174 valence electrons. The van der Waals surface area contributed by atoms with Crippen LogP contribution < -0.4 is 15.5 Å². The van der Waals surface area contributed by atoms with E-state index in [-0.39, 0.29) is 17.1 Å². The van der Waals surface area contributed by atoms with Crippen LogP contribution in [-0.4, -0.2) is 53.3 Å². The quantitative estimate of drug-likeness (QED) is 0.681. The Hall–Kier alpha value is -2.62. The molecule has 33 heavy (non-hydrogen) atoms. The monoisotopic (exact) mass is 471 g/mol. The molecular formula is C23H27BClN3O5. The zero-order valence-electron chi connectivity index (χ0n) is 19.2. The maximum atomic E-state index is 13.3. The van der Waals surface area contributed by atoms with Crippen molar-refractivity contribution >= 4 is 42.0 Å². The molecule has 1 N–H and O–H groups in total. The van der Waals surface area contributed by atoms with Gasteiger partial charge in [0.15, 0.2) is 5.82 Å². The molecule has 2 saturated heterocycles. The highest BCUT2D eigenvalue weighted by atomic mass is 35.5. The highest BCUT2D eigenvalue weighted by Crippen LogP contribution is 2.37. The van der Waals surface area contributed by atoms with E-state index in [1.807, 2.05) is 27.7 Å². The summed E-state index contributed by atoms with van der Waals surface area (Å²) < 4.78 is 17.9. The van der Waals surface area contributed by atoms with E-state index >= 15 is 0 Å². The van der Waals surface area contributed by atoms with Crippen molar-refractivity contribution in [2.75, 3.05) is 18.4 Å². The second kappa shape index (κ2) is 8.97. The number of hydrogen-bond donors (Lipinski definition) is 1. The van der Waals surface area contributed by atoms with Crippen molar-refractivity contribution in [2.45, 2.75) is 51.7 Å². The maximum Gasteiger partial charge on any atom is 0.495 e. The van der Waals surface area contributed by atoms with Gasteiger partial charge in [-0.3, -0.25) is 4.79 Å². The van der Waals surface area contributed by atoms with Gasteiger partial charge in [0.05, 0.1) is 16.2 Å². The fourth-order valence-electron chi connectivity index (χ4n) is 3.69. The third kappa shape index (κ3) is 4.85. The lowest BCUT2D eigenvalue weighted by atomic mass is 9.75. The van der Waals surface area contributed by atoms with Gasteiger partial charge >= 0.3 is 13.2 Å². The normalized spacial score (nSPS) is 18.9. The number of carbonyl (C=O) groups excluding carboxylic acids is 2. The minimum absolute atomic E-state index is 0.225. The van der Waals surface area contributed by atoms with Crippen LogP contribution in [0.15, 0.2) is 36.5 Å². The van der Waals surface area contributed by atoms with Crippen LogP contribution in [0.5, 0.6) is 5.75 Å². The molecule has 2 aromatic rings. The molecule has 2 fully saturated rings. The molecule has 1 aromatic heterocycles. The Morgan fingerprint density at radius 2 is 1.79 bits per heavy atom. The molecule has 10 heteroatoms. The molecule has 2 aliphatic rings. The Morgan fingerprint density at radius 3 is 2.42 bits per heavy atom. The van der Waals surface area contributed by atoms with Crippen LogP contribution in [0.3, 0.4) is 0 Å². The molecule has 4 rings (SSSR count). The van der Waals surface area contributed by atoms with Crippen molar-refractivity contribution in [3.8, 4) is 5.75 Å². The van der Waals surface area contributed by atoms with Crippen molar-refractivity contribution in [1.29, 1.82) is 0 Å². The van der Waals surface area contributed by atoms with E-state index < -0.39 is 30.3 Å². The lowest BCUT2D eigenvalue weighted by Gasteiger charge is -2.32. The molecule has 8 nitrogen and oxygen atoms in total. The van der Waals surface area contributed by atoms with E-state index in [1.54, 1.807) is 29.2 Å². The Balaban J connectivity index is 1.66. The number of aromatic nitrogens is 1. The SMILES string of the molecule is CC1(C)OB(c2ccc(OC(=O)N3CCCC3)cc2C(=O)Nc2ncccc2Cl)OC1(C)C. The van der Waals surface area contributed by atoms with Gasteiger partial charge < -0.3 is 24.3 Å². The van der Waals surface area contributed by atoms with Crippen molar-refractivity contribution in [2.24, 2.45) is 0 Å². The van der Waals surface area contributed by atoms with Gasteiger partial charge in [-0.2, -0.15) is 0 Å². The number of nitrogens with zero attached hydrogens (tertiary/aromatic N) is 2. The summed E-state index contributed by atoms with van der Waals surface area (Å²) in [5.41, 5.74) is -0.422. The second-order valence-electron chi connectivity index (χ2n) is 9.19. The summed E-state index contributed by atoms with van der Waals surface area (Å²) in [5.74, 6) is 0.00678. The molecule has 2 aliphatic heterocycles. The van der Waals surface area contributed by atoms with Gasteiger partial charge in [-0.1, -0.05) is 17.7 Å². The zero-order chi connectivity index (χ0) is 23.8. The third-order valence-electron chi connectivity index (χ3n) is 6.34. The molecule has 0 unspecified atom stereocenters. The van der Waals surface area contributed by atoms with E-state index in [1.165, 1.54) is 12.3 Å². The number of hydrogen-bond acceptors (Lipinski definition) is 6. The van der Waals surface area contributed by atoms with Crippen LogP contribution in [0.4, 0.5) is 10.6 Å². The van der Waals surface area contributed by atoms with E-state index in [9.17, 15) is 9.59 Å². The highest BCUT2D eigenvalue weighted by Gasteiger charge is 2.52. The number of carbonyl (C=O) groups is 2. The van der Waals surface area contributed by atoms with Crippen molar-refractivity contribution in [1.82, 2.24) is 9.88 Å². The Labute approximate surface area is 198 Å². The average molecular weight is 472 g/mol. The number of halogens is 1. The van der Waals surface area contributed by atoms with Gasteiger partial charge in [-0.25, -0.2) is 9.78 Å². The average Bonchev–Trinajstić information content (AvgIpc) is 3.36. The largest absolute Gasteiger partial charge is 0.495 e. The van der Waals surface area contributed by atoms with Crippen LogP contribution in [0.1, 0.15) is 50.9 Å². The van der Waals surface area contributed by atoms with Gasteiger partial charge in [0.1, 0.15) is 5.75 Å². The van der Waals surface area contributed by atoms with Gasteiger partial charge in [0.2, 0.25) is 0 Å². The van der Waals surface area contributed by atoms with Gasteiger partial charge in [-0.15, -0.1) is 0 Å². The van der Waals surface area contributed by atoms with E-state index in [2.05, 4.69) is 10.3 Å². The molecular weight excluding hydrogens is 445 g/mol. The molecule has 2 amide bonds. The van der Waals surface area contributed by atoms with E-state index in [4.69, 9.17) is 25.6 Å². The van der Waals surface area contributed by atoms with Gasteiger partial charge in [0.25, 0.3) is 5.91 Å². The van der Waals surface area contributed by atoms with Crippen molar-refractivity contribution in [3.05, 3.63) is 47.1 Å². The minimum atomic E-state index is -0.779. The highest BCUT2D eigenvalue weighted by molar-refractivity contribution is 6.64. The number of amides is 2. The first-order valence-electron chi connectivity index (χ1n) is 11.0. The predicted octanol–water partition coefficient (Wildman–Crippen LogP) is 3.88. The molecule has 0 aliphatic carbocycles. The smallest absolute Gasteiger partial charge is 0.410 e. The number of nitrogens with one attached hydrogen (secondary N) is 1. The number of pyridine rings is 1. The number of likely N-dealkylation sites (tertiary alicyclic amines) is 1. The first kappa shape index (κ1) is 23.5. The molecule has 0 spiro atoms. The lowest BCUT2D eigenvalue weighted by Crippen LogP contribution is -2.41. The molecule has 0 bridgehead atoms. The molecule has 0 radical (unpaired) electrons. The topological polar surface area (TPSA) is 90.0 Å². The molecule has 1 aromatic carbocycles. The number of ether oxygens (including phenoxy) is 1. The summed E-state index contributed by atoms with van der Waals surface area (Å²) in [4.78, 5) is 31.5. The summed E-state index contributed by atoms with van der Waals surface area (Å²) in [6, 6.07) is 8.14. The lowest BCUT2D eigenvalue weighted by molar-refractivity contribution is 0.00578. The molecule has 3 heterocycles. The summed E-state index contributed by atoms with van der Waals surface area (Å²) in [6.07, 6.45) is 3.00. The van der Waals surface area contributed by atoms with Gasteiger partial charge in [-0.05, 0) is 70.3 Å². The number of rotatable bonds is 4. The summed E-state index contributed by atoms with van der Waals surface area (Å²) in [7, 11) is -0.779. The number of anilines is 1. The fourth-order valence-corrected chi connectivity index (χ4v) is 3.86. The van der Waals surface area contributed by atoms with Crippen LogP contribution in [0.25, 0.3) is 0 Å². The number of benzene rings is 1. The van der Waals surface area contributed by atoms with Crippen molar-refractivity contribution in [3.63, 3.8) is 0 Å². The summed E-state index contributed by atoms with van der Waals surface area (Å²) >= 11 is 6.17. The van der Waals surface area contributed by atoms with Crippen LogP contribution in [0, 0.1) is 0 Å². The van der Waals surface area contributed by atoms with E-state index in [0.717, 1.165) is 12.8 Å². The van der Waals surface area contributed by atoms with Crippen molar-refractivity contribution < 1.29 is 23.6 Å². The van der Waals surface area contributed by atoms with Crippen LogP contribution >= 0.6 is 11.6 Å². The van der Waals surface area contributed by atoms with Crippen LogP contribution in [0.2, 0.25) is 5.02 Å². The maximum absolute atomic E-state index is 13.3. The predicted molar refractivity (Wildman–Crippen MR) is 126 cm³/mol. The van der Waals surface area contributed by atoms with Crippen LogP contribution in [-0.2, 0) is 9.31 Å². The Morgan fingerprint density at radius 1 is 1.12 bits per heavy atom. The second-order valence-corrected chi connectivity index (χ2v) is 9.59. The summed E-state index contributed by atoms with van der Waals surface area (Å²) in [6.45, 7) is 9.07. The third-order valence-corrected chi connectivity index (χ3v) is 6.64. The van der Waals surface area contributed by atoms with E-state index in [0.29, 0.717) is 23.6 Å². The summed E-state index contributed by atoms with van der Waals surface area (Å²) in [5, 5.41) is 3.03. The molecule has 0 atom stereocenters. The Bertz CT molecular complexity index is 1060.